The lowest BCUT2D eigenvalue weighted by atomic mass is 10.0. The first-order valence-electron chi connectivity index (χ1n) is 4.48. The van der Waals surface area contributed by atoms with E-state index in [9.17, 15) is 0 Å². The Morgan fingerprint density at radius 1 is 1.18 bits per heavy atom. The van der Waals surface area contributed by atoms with Gasteiger partial charge < -0.3 is 0 Å². The first kappa shape index (κ1) is 11.1. The van der Waals surface area contributed by atoms with Crippen LogP contribution in [-0.2, 0) is 0 Å². The van der Waals surface area contributed by atoms with Crippen LogP contribution in [0.5, 0.6) is 0 Å². The van der Waals surface area contributed by atoms with Gasteiger partial charge in [-0.3, -0.25) is 0 Å². The summed E-state index contributed by atoms with van der Waals surface area (Å²) in [7, 11) is 0. The van der Waals surface area contributed by atoms with Gasteiger partial charge in [-0.2, -0.15) is 12.6 Å². The number of hydrogen-bond acceptors (Lipinski definition) is 1. The van der Waals surface area contributed by atoms with E-state index in [0.717, 1.165) is 5.75 Å². The summed E-state index contributed by atoms with van der Waals surface area (Å²) in [6.45, 7) is 6.65. The molecule has 0 bridgehead atoms. The lowest BCUT2D eigenvalue weighted by Crippen LogP contribution is -1.88. The number of hydrogen-bond donors (Lipinski definition) is 1. The molecule has 11 heavy (non-hydrogen) atoms. The first-order valence-corrected chi connectivity index (χ1v) is 5.11. The average molecular weight is 172 g/mol. The Bertz CT molecular complexity index is 121. The van der Waals surface area contributed by atoms with Gasteiger partial charge >= 0.3 is 0 Å². The van der Waals surface area contributed by atoms with Gasteiger partial charge in [0.1, 0.15) is 0 Å². The Morgan fingerprint density at radius 2 is 1.82 bits per heavy atom. The molecule has 0 amide bonds. The van der Waals surface area contributed by atoms with Crippen molar-refractivity contribution in [3.05, 3.63) is 11.1 Å². The second-order valence-corrected chi connectivity index (χ2v) is 3.63. The van der Waals surface area contributed by atoms with Crippen LogP contribution in [-0.4, -0.2) is 5.75 Å². The molecule has 0 aromatic heterocycles. The van der Waals surface area contributed by atoms with Crippen molar-refractivity contribution in [3.63, 3.8) is 0 Å². The number of allylic oxidation sites excluding steroid dienone is 2. The third-order valence-electron chi connectivity index (χ3n) is 1.95. The van der Waals surface area contributed by atoms with Crippen molar-refractivity contribution in [2.45, 2.75) is 46.5 Å². The molecule has 0 spiro atoms. The predicted octanol–water partition coefficient (Wildman–Crippen LogP) is 3.83. The molecule has 66 valence electrons. The van der Waals surface area contributed by atoms with Gasteiger partial charge in [-0.25, -0.2) is 0 Å². The molecule has 0 fully saturated rings. The van der Waals surface area contributed by atoms with Crippen molar-refractivity contribution >= 4 is 12.6 Å². The molecule has 0 rings (SSSR count). The maximum Gasteiger partial charge on any atom is -0.00605 e. The Labute approximate surface area is 76.5 Å². The van der Waals surface area contributed by atoms with Crippen LogP contribution < -0.4 is 0 Å². The number of rotatable bonds is 5. The molecule has 1 heteroatoms. The highest BCUT2D eigenvalue weighted by Gasteiger charge is 1.97. The normalized spacial score (nSPS) is 9.82. The SMILES string of the molecule is CCCCC(CCS)=C(C)C. The van der Waals surface area contributed by atoms with Crippen LogP contribution in [0.15, 0.2) is 11.1 Å². The molecule has 0 aromatic rings. The van der Waals surface area contributed by atoms with Crippen LogP contribution in [0, 0.1) is 0 Å². The van der Waals surface area contributed by atoms with Crippen LogP contribution >= 0.6 is 12.6 Å². The predicted molar refractivity (Wildman–Crippen MR) is 56.4 cm³/mol. The Kier molecular flexibility index (Phi) is 6.83. The van der Waals surface area contributed by atoms with Crippen molar-refractivity contribution in [1.82, 2.24) is 0 Å². The summed E-state index contributed by atoms with van der Waals surface area (Å²) >= 11 is 4.24. The van der Waals surface area contributed by atoms with Crippen molar-refractivity contribution in [2.24, 2.45) is 0 Å². The molecule has 0 radical (unpaired) electrons. The van der Waals surface area contributed by atoms with E-state index in [0.29, 0.717) is 0 Å². The Hall–Kier alpha value is 0.0900. The second-order valence-electron chi connectivity index (χ2n) is 3.18. The smallest absolute Gasteiger partial charge is 0.00605 e. The largest absolute Gasteiger partial charge is 0.179 e. The molecule has 0 aliphatic carbocycles. The molecule has 0 aliphatic heterocycles. The highest BCUT2D eigenvalue weighted by atomic mass is 32.1. The highest BCUT2D eigenvalue weighted by Crippen LogP contribution is 2.16. The Balaban J connectivity index is 3.81. The molecule has 0 saturated heterocycles. The molecule has 0 saturated carbocycles. The summed E-state index contributed by atoms with van der Waals surface area (Å²) in [5, 5.41) is 0. The zero-order valence-electron chi connectivity index (χ0n) is 7.98. The van der Waals surface area contributed by atoms with Gasteiger partial charge in [0.15, 0.2) is 0 Å². The van der Waals surface area contributed by atoms with Gasteiger partial charge in [0, 0.05) is 0 Å². The molecule has 0 atom stereocenters. The lowest BCUT2D eigenvalue weighted by molar-refractivity contribution is 0.760. The lowest BCUT2D eigenvalue weighted by Gasteiger charge is -2.06. The zero-order chi connectivity index (χ0) is 8.69. The van der Waals surface area contributed by atoms with E-state index in [1.54, 1.807) is 5.57 Å². The van der Waals surface area contributed by atoms with E-state index in [1.165, 1.54) is 31.3 Å². The van der Waals surface area contributed by atoms with Crippen LogP contribution in [0.3, 0.4) is 0 Å². The van der Waals surface area contributed by atoms with E-state index in [1.807, 2.05) is 0 Å². The van der Waals surface area contributed by atoms with E-state index >= 15 is 0 Å². The number of unbranched alkanes of at least 4 members (excludes halogenated alkanes) is 1. The molecule has 0 nitrogen and oxygen atoms in total. The van der Waals surface area contributed by atoms with Crippen molar-refractivity contribution in [3.8, 4) is 0 Å². The van der Waals surface area contributed by atoms with Crippen molar-refractivity contribution in [1.29, 1.82) is 0 Å². The summed E-state index contributed by atoms with van der Waals surface area (Å²) in [5.41, 5.74) is 3.11. The van der Waals surface area contributed by atoms with Gasteiger partial charge in [-0.15, -0.1) is 0 Å². The fraction of sp³-hybridized carbons (Fsp3) is 0.800. The first-order chi connectivity index (χ1) is 5.22. The van der Waals surface area contributed by atoms with Crippen LogP contribution in [0.2, 0.25) is 0 Å². The van der Waals surface area contributed by atoms with Crippen molar-refractivity contribution in [2.75, 3.05) is 5.75 Å². The average Bonchev–Trinajstić information content (AvgIpc) is 1.97. The molecule has 0 aromatic carbocycles. The van der Waals surface area contributed by atoms with Crippen LogP contribution in [0.4, 0.5) is 0 Å². The van der Waals surface area contributed by atoms with Gasteiger partial charge in [0.2, 0.25) is 0 Å². The maximum absolute atomic E-state index is 4.24. The molecule has 0 unspecified atom stereocenters. The van der Waals surface area contributed by atoms with Gasteiger partial charge in [-0.05, 0) is 38.9 Å². The molecule has 0 aliphatic rings. The third kappa shape index (κ3) is 5.37. The Morgan fingerprint density at radius 3 is 2.18 bits per heavy atom. The molecule has 0 heterocycles. The van der Waals surface area contributed by atoms with E-state index in [4.69, 9.17) is 0 Å². The zero-order valence-corrected chi connectivity index (χ0v) is 8.88. The van der Waals surface area contributed by atoms with Crippen LogP contribution in [0.25, 0.3) is 0 Å². The summed E-state index contributed by atoms with van der Waals surface area (Å²) < 4.78 is 0. The minimum Gasteiger partial charge on any atom is -0.179 e. The maximum atomic E-state index is 4.24. The van der Waals surface area contributed by atoms with Crippen LogP contribution in [0.1, 0.15) is 46.5 Å². The van der Waals surface area contributed by atoms with E-state index < -0.39 is 0 Å². The summed E-state index contributed by atoms with van der Waals surface area (Å²) in [5.74, 6) is 0.990. The number of thiol groups is 1. The summed E-state index contributed by atoms with van der Waals surface area (Å²) in [6, 6.07) is 0. The van der Waals surface area contributed by atoms with Gasteiger partial charge in [-0.1, -0.05) is 24.5 Å². The standard InChI is InChI=1S/C10H20S/c1-4-5-6-10(7-8-11)9(2)3/h11H,4-8H2,1-3H3. The van der Waals surface area contributed by atoms with E-state index in [-0.39, 0.29) is 0 Å². The minimum absolute atomic E-state index is 0.990. The minimum atomic E-state index is 0.990. The third-order valence-corrected chi connectivity index (χ3v) is 2.18. The summed E-state index contributed by atoms with van der Waals surface area (Å²) in [6.07, 6.45) is 5.07. The van der Waals surface area contributed by atoms with Crippen molar-refractivity contribution < 1.29 is 0 Å². The topological polar surface area (TPSA) is 0 Å². The summed E-state index contributed by atoms with van der Waals surface area (Å²) in [4.78, 5) is 0. The molecule has 0 N–H and O–H groups in total. The van der Waals surface area contributed by atoms with Gasteiger partial charge in [0.05, 0.1) is 0 Å². The second kappa shape index (κ2) is 6.78. The van der Waals surface area contributed by atoms with Gasteiger partial charge in [0.25, 0.3) is 0 Å². The van der Waals surface area contributed by atoms with E-state index in [2.05, 4.69) is 33.4 Å². The molecular formula is C10H20S. The molecular weight excluding hydrogens is 152 g/mol. The highest BCUT2D eigenvalue weighted by molar-refractivity contribution is 7.80. The fourth-order valence-corrected chi connectivity index (χ4v) is 1.42. The fourth-order valence-electron chi connectivity index (χ4n) is 1.15. The monoisotopic (exact) mass is 172 g/mol. The quantitative estimate of drug-likeness (QED) is 0.473.